The summed E-state index contributed by atoms with van der Waals surface area (Å²) < 4.78 is 40.4. The lowest BCUT2D eigenvalue weighted by molar-refractivity contribution is -0.141. The third-order valence-corrected chi connectivity index (χ3v) is 5.41. The Hall–Kier alpha value is -3.24. The fourth-order valence-corrected chi connectivity index (χ4v) is 4.03. The maximum absolute atomic E-state index is 12.9. The van der Waals surface area contributed by atoms with Gasteiger partial charge in [0.15, 0.2) is 11.5 Å². The second-order valence-corrected chi connectivity index (χ2v) is 7.28. The Morgan fingerprint density at radius 2 is 1.86 bits per heavy atom. The van der Waals surface area contributed by atoms with Crippen molar-refractivity contribution in [1.82, 2.24) is 29.7 Å². The van der Waals surface area contributed by atoms with Gasteiger partial charge in [0.2, 0.25) is 0 Å². The first-order valence-corrected chi connectivity index (χ1v) is 9.12. The lowest BCUT2D eigenvalue weighted by Gasteiger charge is -2.56. The minimum Gasteiger partial charge on any atom is -0.351 e. The van der Waals surface area contributed by atoms with E-state index >= 15 is 0 Å². The minimum atomic E-state index is -4.58. The summed E-state index contributed by atoms with van der Waals surface area (Å²) in [5, 5.41) is 12.6. The molecule has 3 fully saturated rings. The van der Waals surface area contributed by atoms with Gasteiger partial charge in [-0.1, -0.05) is 6.07 Å². The second-order valence-electron chi connectivity index (χ2n) is 7.28. The number of rotatable bonds is 2. The van der Waals surface area contributed by atoms with Gasteiger partial charge in [0.05, 0.1) is 12.1 Å². The highest BCUT2D eigenvalue weighted by Crippen LogP contribution is 2.35. The number of piperidine rings is 1. The average molecular weight is 403 g/mol. The Morgan fingerprint density at radius 3 is 2.59 bits per heavy atom. The first-order valence-electron chi connectivity index (χ1n) is 9.12. The summed E-state index contributed by atoms with van der Waals surface area (Å²) in [4.78, 5) is 20.0. The van der Waals surface area contributed by atoms with Crippen molar-refractivity contribution >= 4 is 17.4 Å². The van der Waals surface area contributed by atoms with Crippen LogP contribution in [-0.2, 0) is 6.18 Å². The van der Waals surface area contributed by atoms with Crippen LogP contribution >= 0.6 is 0 Å². The molecule has 29 heavy (non-hydrogen) atoms. The van der Waals surface area contributed by atoms with E-state index in [1.54, 1.807) is 9.42 Å². The van der Waals surface area contributed by atoms with Crippen molar-refractivity contribution in [1.29, 1.82) is 0 Å². The second kappa shape index (κ2) is 6.13. The molecular formula is C18H16F3N7O. The molecule has 2 bridgehead atoms. The van der Waals surface area contributed by atoms with Gasteiger partial charge in [-0.25, -0.2) is 4.98 Å². The number of pyridine rings is 1. The Kier molecular flexibility index (Phi) is 3.77. The molecule has 0 aromatic carbocycles. The summed E-state index contributed by atoms with van der Waals surface area (Å²) in [5.41, 5.74) is -0.582. The van der Waals surface area contributed by atoms with Gasteiger partial charge in [0.1, 0.15) is 17.2 Å². The number of aryl methyl sites for hydroxylation is 1. The number of hydrogen-bond acceptors (Lipinski definition) is 6. The lowest BCUT2D eigenvalue weighted by atomic mass is 9.87. The number of aromatic nitrogens is 5. The SMILES string of the molecule is Cc1nnc2ccc(N3CC4CC(C3)N4C(=O)c3cccc(C(F)(F)F)n3)nn12. The summed E-state index contributed by atoms with van der Waals surface area (Å²) in [6.07, 6.45) is -3.77. The van der Waals surface area contributed by atoms with E-state index in [-0.39, 0.29) is 17.8 Å². The number of piperazine rings is 1. The summed E-state index contributed by atoms with van der Waals surface area (Å²) >= 11 is 0. The highest BCUT2D eigenvalue weighted by molar-refractivity contribution is 5.93. The molecular weight excluding hydrogens is 387 g/mol. The van der Waals surface area contributed by atoms with Crippen LogP contribution in [0.2, 0.25) is 0 Å². The van der Waals surface area contributed by atoms with Crippen molar-refractivity contribution in [2.75, 3.05) is 18.0 Å². The van der Waals surface area contributed by atoms with E-state index in [9.17, 15) is 18.0 Å². The van der Waals surface area contributed by atoms with Crippen LogP contribution in [0.25, 0.3) is 5.65 Å². The lowest BCUT2D eigenvalue weighted by Crippen LogP contribution is -2.70. The number of hydrogen-bond donors (Lipinski definition) is 0. The van der Waals surface area contributed by atoms with Crippen LogP contribution in [0.4, 0.5) is 19.0 Å². The largest absolute Gasteiger partial charge is 0.433 e. The predicted molar refractivity (Wildman–Crippen MR) is 95.3 cm³/mol. The van der Waals surface area contributed by atoms with Gasteiger partial charge in [-0.2, -0.15) is 17.7 Å². The summed E-state index contributed by atoms with van der Waals surface area (Å²) in [6, 6.07) is 6.92. The minimum absolute atomic E-state index is 0.0860. The first-order chi connectivity index (χ1) is 13.8. The van der Waals surface area contributed by atoms with Crippen LogP contribution in [0, 0.1) is 6.92 Å². The third-order valence-electron chi connectivity index (χ3n) is 5.41. The molecule has 2 unspecified atom stereocenters. The zero-order valence-electron chi connectivity index (χ0n) is 15.3. The zero-order chi connectivity index (χ0) is 20.3. The Labute approximate surface area is 163 Å². The molecule has 0 spiro atoms. The average Bonchev–Trinajstić information content (AvgIpc) is 3.08. The van der Waals surface area contributed by atoms with Crippen molar-refractivity contribution < 1.29 is 18.0 Å². The maximum atomic E-state index is 12.9. The standard InChI is InChI=1S/C18H16F3N7O/c1-10-23-24-15-5-6-16(25-28(10)15)26-8-11-7-12(9-26)27(11)17(29)13-3-2-4-14(22-13)18(19,20)21/h2-6,11-12H,7-9H2,1H3. The van der Waals surface area contributed by atoms with E-state index < -0.39 is 17.8 Å². The topological polar surface area (TPSA) is 79.5 Å². The Morgan fingerprint density at radius 1 is 1.10 bits per heavy atom. The van der Waals surface area contributed by atoms with Gasteiger partial charge in [0.25, 0.3) is 5.91 Å². The monoisotopic (exact) mass is 403 g/mol. The van der Waals surface area contributed by atoms with Gasteiger partial charge in [-0.15, -0.1) is 15.3 Å². The van der Waals surface area contributed by atoms with E-state index in [0.29, 0.717) is 24.6 Å². The van der Waals surface area contributed by atoms with E-state index in [1.165, 1.54) is 12.1 Å². The maximum Gasteiger partial charge on any atom is 0.433 e. The van der Waals surface area contributed by atoms with Crippen LogP contribution in [0.3, 0.4) is 0 Å². The molecule has 8 nitrogen and oxygen atoms in total. The van der Waals surface area contributed by atoms with Crippen molar-refractivity contribution in [3.8, 4) is 0 Å². The zero-order valence-corrected chi connectivity index (χ0v) is 15.3. The molecule has 3 aromatic rings. The summed E-state index contributed by atoms with van der Waals surface area (Å²) in [6.45, 7) is 2.93. The van der Waals surface area contributed by atoms with Crippen LogP contribution < -0.4 is 4.90 Å². The number of anilines is 1. The summed E-state index contributed by atoms with van der Waals surface area (Å²) in [5.74, 6) is 0.964. The van der Waals surface area contributed by atoms with E-state index in [2.05, 4.69) is 25.2 Å². The van der Waals surface area contributed by atoms with Gasteiger partial charge in [-0.3, -0.25) is 4.79 Å². The van der Waals surface area contributed by atoms with Crippen molar-refractivity contribution in [2.24, 2.45) is 0 Å². The van der Waals surface area contributed by atoms with E-state index in [4.69, 9.17) is 0 Å². The van der Waals surface area contributed by atoms with E-state index in [0.717, 1.165) is 18.3 Å². The molecule has 2 atom stereocenters. The van der Waals surface area contributed by atoms with Crippen molar-refractivity contribution in [3.63, 3.8) is 0 Å². The number of fused-ring (bicyclic) bond motifs is 3. The molecule has 0 saturated carbocycles. The quantitative estimate of drug-likeness (QED) is 0.651. The molecule has 6 rings (SSSR count). The Balaban J connectivity index is 1.35. The molecule has 3 saturated heterocycles. The van der Waals surface area contributed by atoms with E-state index in [1.807, 2.05) is 19.1 Å². The fourth-order valence-electron chi connectivity index (χ4n) is 4.03. The molecule has 150 valence electrons. The number of amides is 1. The molecule has 3 aliphatic rings. The van der Waals surface area contributed by atoms with Crippen LogP contribution in [0.1, 0.15) is 28.4 Å². The number of carbonyl (C=O) groups is 1. The van der Waals surface area contributed by atoms with Gasteiger partial charge in [-0.05, 0) is 37.6 Å². The van der Waals surface area contributed by atoms with Gasteiger partial charge in [0, 0.05) is 13.1 Å². The van der Waals surface area contributed by atoms with Crippen molar-refractivity contribution in [3.05, 3.63) is 47.5 Å². The smallest absolute Gasteiger partial charge is 0.351 e. The molecule has 3 aliphatic heterocycles. The molecule has 0 N–H and O–H groups in total. The van der Waals surface area contributed by atoms with Gasteiger partial charge < -0.3 is 9.80 Å². The van der Waals surface area contributed by atoms with Crippen LogP contribution in [0.5, 0.6) is 0 Å². The number of carbonyl (C=O) groups excluding carboxylic acids is 1. The Bertz CT molecular complexity index is 1100. The summed E-state index contributed by atoms with van der Waals surface area (Å²) in [7, 11) is 0. The number of alkyl halides is 3. The normalized spacial score (nSPS) is 21.4. The third kappa shape index (κ3) is 2.88. The highest BCUT2D eigenvalue weighted by atomic mass is 19.4. The number of halogens is 3. The first kappa shape index (κ1) is 17.8. The molecule has 3 aromatic heterocycles. The van der Waals surface area contributed by atoms with Crippen LogP contribution in [-0.4, -0.2) is 60.8 Å². The molecule has 0 aliphatic carbocycles. The predicted octanol–water partition coefficient (Wildman–Crippen LogP) is 1.95. The molecule has 1 amide bonds. The highest BCUT2D eigenvalue weighted by Gasteiger charge is 2.48. The van der Waals surface area contributed by atoms with Crippen LogP contribution in [0.15, 0.2) is 30.3 Å². The number of nitrogens with zero attached hydrogens (tertiary/aromatic N) is 7. The van der Waals surface area contributed by atoms with Gasteiger partial charge >= 0.3 is 6.18 Å². The molecule has 11 heteroatoms. The molecule has 6 heterocycles. The fraction of sp³-hybridized carbons (Fsp3) is 0.389. The van der Waals surface area contributed by atoms with Crippen molar-refractivity contribution in [2.45, 2.75) is 31.6 Å². The molecule has 0 radical (unpaired) electrons.